The normalized spacial score (nSPS) is 0. The molecule has 0 amide bonds. The molecule has 5 heteroatoms. The molecule has 0 aliphatic carbocycles. The van der Waals surface area contributed by atoms with Gasteiger partial charge < -0.3 is 17.1 Å². The zero-order valence-electron chi connectivity index (χ0n) is 2.65. The van der Waals surface area contributed by atoms with Crippen molar-refractivity contribution in [3.05, 3.63) is 0 Å². The number of hydrogen-bond acceptors (Lipinski definition) is 0. The molecule has 0 rings (SSSR count). The molecule has 0 saturated carbocycles. The molecule has 0 aliphatic heterocycles. The summed E-state index contributed by atoms with van der Waals surface area (Å²) in [6.45, 7) is 0. The molecule has 0 aromatic heterocycles. The van der Waals surface area contributed by atoms with Crippen LogP contribution in [0.15, 0.2) is 0 Å². The van der Waals surface area contributed by atoms with E-state index in [0.717, 1.165) is 0 Å². The third kappa shape index (κ3) is 52.3. The Labute approximate surface area is 50.8 Å². The van der Waals surface area contributed by atoms with Gasteiger partial charge in [0.05, 0.1) is 0 Å². The molecule has 1 radical (unpaired) electrons. The minimum atomic E-state index is 0. The SMILES string of the molecule is O.O.[Co+2].[NH4+].[Ni]. The summed E-state index contributed by atoms with van der Waals surface area (Å²) in [5.74, 6) is 0. The van der Waals surface area contributed by atoms with Gasteiger partial charge in [-0.25, -0.2) is 0 Å². The predicted octanol–water partition coefficient (Wildman–Crippen LogP) is -1.28. The Morgan fingerprint density at radius 1 is 0.800 bits per heavy atom. The first-order chi connectivity index (χ1) is 0. The van der Waals surface area contributed by atoms with Crippen LogP contribution >= 0.6 is 0 Å². The van der Waals surface area contributed by atoms with Crippen LogP contribution in [0.2, 0.25) is 0 Å². The topological polar surface area (TPSA) is 99.5 Å². The van der Waals surface area contributed by atoms with Crippen LogP contribution in [-0.2, 0) is 33.3 Å². The fourth-order valence-corrected chi connectivity index (χ4v) is 0. The second-order valence-corrected chi connectivity index (χ2v) is 0. The molecule has 3 nitrogen and oxygen atoms in total. The minimum absolute atomic E-state index is 0. The van der Waals surface area contributed by atoms with E-state index in [1.807, 2.05) is 0 Å². The van der Waals surface area contributed by atoms with Gasteiger partial charge in [0.1, 0.15) is 0 Å². The van der Waals surface area contributed by atoms with Crippen molar-refractivity contribution in [2.75, 3.05) is 0 Å². The number of quaternary nitrogens is 1. The van der Waals surface area contributed by atoms with E-state index < -0.39 is 0 Å². The van der Waals surface area contributed by atoms with Gasteiger partial charge in [-0.1, -0.05) is 0 Å². The maximum Gasteiger partial charge on any atom is 2.00 e. The summed E-state index contributed by atoms with van der Waals surface area (Å²) in [5, 5.41) is 0. The van der Waals surface area contributed by atoms with Crippen LogP contribution < -0.4 is 6.15 Å². The Hall–Kier alpha value is 0.880. The van der Waals surface area contributed by atoms with E-state index in [1.165, 1.54) is 0 Å². The molecule has 0 saturated heterocycles. The molecule has 0 unspecified atom stereocenters. The van der Waals surface area contributed by atoms with Crippen molar-refractivity contribution < 1.29 is 44.2 Å². The summed E-state index contributed by atoms with van der Waals surface area (Å²) in [7, 11) is 0. The third-order valence-electron chi connectivity index (χ3n) is 0. The van der Waals surface area contributed by atoms with E-state index in [1.54, 1.807) is 0 Å². The second kappa shape index (κ2) is 94.9. The molecule has 5 heavy (non-hydrogen) atoms. The monoisotopic (exact) mass is 171 g/mol. The summed E-state index contributed by atoms with van der Waals surface area (Å²) in [5.41, 5.74) is 0. The van der Waals surface area contributed by atoms with Gasteiger partial charge in [-0.3, -0.25) is 0 Å². The van der Waals surface area contributed by atoms with Crippen molar-refractivity contribution in [3.8, 4) is 0 Å². The van der Waals surface area contributed by atoms with Gasteiger partial charge in [0.2, 0.25) is 0 Å². The van der Waals surface area contributed by atoms with E-state index in [0.29, 0.717) is 0 Å². The van der Waals surface area contributed by atoms with Gasteiger partial charge in [-0.2, -0.15) is 0 Å². The number of hydrogen-bond donors (Lipinski definition) is 1. The third-order valence-corrected chi connectivity index (χ3v) is 0. The molecule has 0 spiro atoms. The van der Waals surface area contributed by atoms with Crippen LogP contribution in [0.3, 0.4) is 0 Å². The second-order valence-electron chi connectivity index (χ2n) is 0. The van der Waals surface area contributed by atoms with E-state index in [9.17, 15) is 0 Å². The molecular weight excluding hydrogens is 164 g/mol. The minimum Gasteiger partial charge on any atom is -0.412 e. The Morgan fingerprint density at radius 2 is 0.800 bits per heavy atom. The summed E-state index contributed by atoms with van der Waals surface area (Å²) >= 11 is 0. The van der Waals surface area contributed by atoms with Crippen molar-refractivity contribution in [3.63, 3.8) is 0 Å². The first-order valence-corrected chi connectivity index (χ1v) is 0. The molecule has 41 valence electrons. The van der Waals surface area contributed by atoms with Crippen LogP contribution in [0.5, 0.6) is 0 Å². The molecule has 0 heterocycles. The van der Waals surface area contributed by atoms with Gasteiger partial charge in [0.25, 0.3) is 0 Å². The Kier molecular flexibility index (Phi) is 3430. The molecular formula is H8CoNNiO2+3. The first-order valence-electron chi connectivity index (χ1n) is 0. The standard InChI is InChI=1S/Co.H3N.Ni.2H2O/h;1H3;;2*1H2/q+2;;;;/p+1. The van der Waals surface area contributed by atoms with Gasteiger partial charge in [-0.05, 0) is 0 Å². The summed E-state index contributed by atoms with van der Waals surface area (Å²) in [4.78, 5) is 0. The molecule has 0 fully saturated rings. The average Bonchev–Trinajstić information content (AvgIpc) is 0. The maximum atomic E-state index is 0. The van der Waals surface area contributed by atoms with Crippen molar-refractivity contribution in [2.45, 2.75) is 0 Å². The molecule has 0 bridgehead atoms. The van der Waals surface area contributed by atoms with Crippen LogP contribution in [0.25, 0.3) is 0 Å². The van der Waals surface area contributed by atoms with Gasteiger partial charge in [-0.15, -0.1) is 0 Å². The first kappa shape index (κ1) is 181. The summed E-state index contributed by atoms with van der Waals surface area (Å²) in [6.07, 6.45) is 0. The van der Waals surface area contributed by atoms with E-state index in [2.05, 4.69) is 0 Å². The Balaban J connectivity index is 0. The summed E-state index contributed by atoms with van der Waals surface area (Å²) < 4.78 is 0. The van der Waals surface area contributed by atoms with Crippen molar-refractivity contribution in [1.29, 1.82) is 0 Å². The molecule has 0 aliphatic rings. The quantitative estimate of drug-likeness (QED) is 0.440. The Bertz CT molecular complexity index is 9.61. The van der Waals surface area contributed by atoms with Gasteiger partial charge >= 0.3 is 16.8 Å². The number of rotatable bonds is 0. The van der Waals surface area contributed by atoms with Crippen molar-refractivity contribution in [1.82, 2.24) is 6.15 Å². The van der Waals surface area contributed by atoms with E-state index in [-0.39, 0.29) is 50.4 Å². The van der Waals surface area contributed by atoms with Crippen LogP contribution in [0.1, 0.15) is 0 Å². The Morgan fingerprint density at radius 3 is 0.800 bits per heavy atom. The zero-order chi connectivity index (χ0) is 0. The van der Waals surface area contributed by atoms with Crippen LogP contribution in [-0.4, -0.2) is 11.0 Å². The van der Waals surface area contributed by atoms with E-state index in [4.69, 9.17) is 0 Å². The predicted molar refractivity (Wildman–Crippen MR) is 13.2 cm³/mol. The van der Waals surface area contributed by atoms with Crippen LogP contribution in [0, 0.1) is 0 Å². The molecule has 0 aromatic carbocycles. The van der Waals surface area contributed by atoms with Crippen molar-refractivity contribution >= 4 is 0 Å². The molecule has 0 atom stereocenters. The molecule has 0 aromatic rings. The fraction of sp³-hybridized carbons (Fsp3) is 0. The van der Waals surface area contributed by atoms with Crippen molar-refractivity contribution in [2.24, 2.45) is 0 Å². The van der Waals surface area contributed by atoms with Gasteiger partial charge in [0, 0.05) is 16.5 Å². The van der Waals surface area contributed by atoms with Gasteiger partial charge in [0.15, 0.2) is 0 Å². The summed E-state index contributed by atoms with van der Waals surface area (Å²) in [6, 6.07) is 0. The van der Waals surface area contributed by atoms with E-state index >= 15 is 0 Å². The maximum absolute atomic E-state index is 0. The largest absolute Gasteiger partial charge is 2.00 e. The fourth-order valence-electron chi connectivity index (χ4n) is 0. The zero-order valence-corrected chi connectivity index (χ0v) is 4.68. The average molecular weight is 172 g/mol. The smallest absolute Gasteiger partial charge is 0.412 e. The van der Waals surface area contributed by atoms with Crippen LogP contribution in [0.4, 0.5) is 0 Å². The molecule has 8 N–H and O–H groups in total.